The van der Waals surface area contributed by atoms with Gasteiger partial charge in [0.15, 0.2) is 0 Å². The predicted molar refractivity (Wildman–Crippen MR) is 155 cm³/mol. The summed E-state index contributed by atoms with van der Waals surface area (Å²) >= 11 is 0. The Kier molecular flexibility index (Phi) is 11.2. The minimum atomic E-state index is -3.61. The van der Waals surface area contributed by atoms with Gasteiger partial charge in [-0.05, 0) is 62.8 Å². The van der Waals surface area contributed by atoms with Crippen molar-refractivity contribution in [1.82, 2.24) is 10.2 Å². The van der Waals surface area contributed by atoms with Gasteiger partial charge in [0.25, 0.3) is 0 Å². The highest BCUT2D eigenvalue weighted by Gasteiger charge is 2.31. The van der Waals surface area contributed by atoms with Crippen molar-refractivity contribution in [2.45, 2.75) is 84.3 Å². The van der Waals surface area contributed by atoms with Crippen molar-refractivity contribution >= 4 is 27.5 Å². The lowest BCUT2D eigenvalue weighted by Crippen LogP contribution is -2.51. The SMILES string of the molecule is CCOc1ccccc1N(CCCC(=O)N(Cc1ccccc1C)C(CC)C(=O)NC1CCCC1)S(C)(=O)=O. The van der Waals surface area contributed by atoms with Crippen LogP contribution in [0, 0.1) is 6.92 Å². The number of rotatable bonds is 14. The number of aryl methyl sites for hydroxylation is 1. The van der Waals surface area contributed by atoms with Gasteiger partial charge in [0.2, 0.25) is 21.8 Å². The third kappa shape index (κ3) is 8.46. The normalized spacial score (nSPS) is 14.6. The number of carbonyl (C=O) groups excluding carboxylic acids is 2. The Bertz CT molecular complexity index is 1210. The van der Waals surface area contributed by atoms with Gasteiger partial charge in [-0.3, -0.25) is 13.9 Å². The van der Waals surface area contributed by atoms with Crippen LogP contribution in [0.15, 0.2) is 48.5 Å². The molecule has 0 saturated heterocycles. The lowest BCUT2D eigenvalue weighted by atomic mass is 10.0. The van der Waals surface area contributed by atoms with E-state index in [1.54, 1.807) is 29.2 Å². The lowest BCUT2D eigenvalue weighted by Gasteiger charge is -2.32. The van der Waals surface area contributed by atoms with Crippen molar-refractivity contribution in [2.75, 3.05) is 23.7 Å². The van der Waals surface area contributed by atoms with Gasteiger partial charge >= 0.3 is 0 Å². The first-order valence-corrected chi connectivity index (χ1v) is 15.8. The summed E-state index contributed by atoms with van der Waals surface area (Å²) in [6.45, 7) is 6.62. The molecule has 2 amide bonds. The largest absolute Gasteiger partial charge is 0.492 e. The highest BCUT2D eigenvalue weighted by Crippen LogP contribution is 2.30. The molecule has 0 radical (unpaired) electrons. The molecule has 1 N–H and O–H groups in total. The molecule has 1 atom stereocenters. The third-order valence-corrected chi connectivity index (χ3v) is 8.46. The summed E-state index contributed by atoms with van der Waals surface area (Å²) in [5.41, 5.74) is 2.49. The molecular weight excluding hydrogens is 514 g/mol. The molecule has 0 spiro atoms. The third-order valence-electron chi connectivity index (χ3n) is 7.28. The Morgan fingerprint density at radius 1 is 1.05 bits per heavy atom. The van der Waals surface area contributed by atoms with E-state index in [1.165, 1.54) is 4.31 Å². The summed E-state index contributed by atoms with van der Waals surface area (Å²) in [4.78, 5) is 28.7. The van der Waals surface area contributed by atoms with E-state index >= 15 is 0 Å². The van der Waals surface area contributed by atoms with Gasteiger partial charge in [-0.1, -0.05) is 56.2 Å². The van der Waals surface area contributed by atoms with Crippen LogP contribution < -0.4 is 14.4 Å². The highest BCUT2D eigenvalue weighted by molar-refractivity contribution is 7.92. The Morgan fingerprint density at radius 2 is 1.72 bits per heavy atom. The van der Waals surface area contributed by atoms with Crippen LogP contribution in [0.2, 0.25) is 0 Å². The summed E-state index contributed by atoms with van der Waals surface area (Å²) < 4.78 is 32.4. The van der Waals surface area contributed by atoms with Gasteiger partial charge in [-0.25, -0.2) is 8.42 Å². The molecule has 39 heavy (non-hydrogen) atoms. The Morgan fingerprint density at radius 3 is 2.36 bits per heavy atom. The van der Waals surface area contributed by atoms with Crippen molar-refractivity contribution in [3.8, 4) is 5.75 Å². The number of hydrogen-bond donors (Lipinski definition) is 1. The molecule has 2 aromatic rings. The van der Waals surface area contributed by atoms with Crippen LogP contribution in [0.4, 0.5) is 5.69 Å². The maximum absolute atomic E-state index is 13.7. The van der Waals surface area contributed by atoms with E-state index in [9.17, 15) is 18.0 Å². The molecule has 0 bridgehead atoms. The topological polar surface area (TPSA) is 96.0 Å². The number of anilines is 1. The number of ether oxygens (including phenoxy) is 1. The fraction of sp³-hybridized carbons (Fsp3) is 0.533. The minimum absolute atomic E-state index is 0.113. The van der Waals surface area contributed by atoms with Crippen LogP contribution in [-0.4, -0.2) is 56.6 Å². The molecule has 8 nitrogen and oxygen atoms in total. The molecule has 2 aromatic carbocycles. The minimum Gasteiger partial charge on any atom is -0.492 e. The Balaban J connectivity index is 1.78. The zero-order chi connectivity index (χ0) is 28.4. The van der Waals surface area contributed by atoms with E-state index in [2.05, 4.69) is 5.32 Å². The summed E-state index contributed by atoms with van der Waals surface area (Å²) in [6.07, 6.45) is 6.22. The first-order valence-electron chi connectivity index (χ1n) is 14.0. The van der Waals surface area contributed by atoms with Crippen LogP contribution in [-0.2, 0) is 26.2 Å². The maximum atomic E-state index is 13.7. The molecule has 1 saturated carbocycles. The molecule has 0 aliphatic heterocycles. The molecule has 1 aliphatic rings. The van der Waals surface area contributed by atoms with Crippen molar-refractivity contribution in [1.29, 1.82) is 0 Å². The molecule has 214 valence electrons. The standard InChI is InChI=1S/C30H43N3O5S/c1-5-26(30(35)31-25-16-9-10-17-25)32(22-24-15-8-7-14-23(24)3)29(34)20-13-21-33(39(4,36)37)27-18-11-12-19-28(27)38-6-2/h7-8,11-12,14-15,18-19,25-26H,5-6,9-10,13,16-17,20-22H2,1-4H3,(H,31,35). The maximum Gasteiger partial charge on any atom is 0.243 e. The first kappa shape index (κ1) is 30.5. The van der Waals surface area contributed by atoms with Crippen LogP contribution in [0.5, 0.6) is 5.75 Å². The second-order valence-corrected chi connectivity index (χ2v) is 12.1. The first-order chi connectivity index (χ1) is 18.7. The number of para-hydroxylation sites is 2. The zero-order valence-electron chi connectivity index (χ0n) is 23.7. The molecule has 0 heterocycles. The predicted octanol–water partition coefficient (Wildman–Crippen LogP) is 4.81. The van der Waals surface area contributed by atoms with Crippen LogP contribution in [0.3, 0.4) is 0 Å². The van der Waals surface area contributed by atoms with E-state index < -0.39 is 16.1 Å². The number of amides is 2. The van der Waals surface area contributed by atoms with Gasteiger partial charge < -0.3 is 15.0 Å². The van der Waals surface area contributed by atoms with Gasteiger partial charge in [0.05, 0.1) is 18.6 Å². The summed E-state index contributed by atoms with van der Waals surface area (Å²) in [7, 11) is -3.61. The number of sulfonamides is 1. The molecule has 1 unspecified atom stereocenters. The number of hydrogen-bond acceptors (Lipinski definition) is 5. The van der Waals surface area contributed by atoms with E-state index in [-0.39, 0.29) is 30.8 Å². The van der Waals surface area contributed by atoms with Crippen LogP contribution >= 0.6 is 0 Å². The second-order valence-electron chi connectivity index (χ2n) is 10.2. The zero-order valence-corrected chi connectivity index (χ0v) is 24.5. The van der Waals surface area contributed by atoms with E-state index in [0.29, 0.717) is 37.4 Å². The molecule has 0 aromatic heterocycles. The lowest BCUT2D eigenvalue weighted by molar-refractivity contribution is -0.141. The fourth-order valence-electron chi connectivity index (χ4n) is 5.18. The highest BCUT2D eigenvalue weighted by atomic mass is 32.2. The molecule has 3 rings (SSSR count). The number of nitrogens with zero attached hydrogens (tertiary/aromatic N) is 2. The number of carbonyl (C=O) groups is 2. The monoisotopic (exact) mass is 557 g/mol. The number of benzene rings is 2. The van der Waals surface area contributed by atoms with E-state index in [1.807, 2.05) is 45.0 Å². The van der Waals surface area contributed by atoms with Crippen LogP contribution in [0.1, 0.15) is 69.9 Å². The molecule has 9 heteroatoms. The second kappa shape index (κ2) is 14.4. The summed E-state index contributed by atoms with van der Waals surface area (Å²) in [6, 6.07) is 14.4. The van der Waals surface area contributed by atoms with E-state index in [0.717, 1.165) is 43.1 Å². The quantitative estimate of drug-likeness (QED) is 0.360. The fourth-order valence-corrected chi connectivity index (χ4v) is 6.15. The van der Waals surface area contributed by atoms with Gasteiger partial charge in [-0.2, -0.15) is 0 Å². The van der Waals surface area contributed by atoms with Gasteiger partial charge in [-0.15, -0.1) is 0 Å². The smallest absolute Gasteiger partial charge is 0.243 e. The average Bonchev–Trinajstić information content (AvgIpc) is 3.40. The van der Waals surface area contributed by atoms with E-state index in [4.69, 9.17) is 4.74 Å². The van der Waals surface area contributed by atoms with Gasteiger partial charge in [0.1, 0.15) is 11.8 Å². The van der Waals surface area contributed by atoms with Crippen molar-refractivity contribution in [3.63, 3.8) is 0 Å². The molecule has 1 aliphatic carbocycles. The molecule has 1 fully saturated rings. The Hall–Kier alpha value is -3.07. The molecular formula is C30H43N3O5S. The number of nitrogens with one attached hydrogen (secondary N) is 1. The van der Waals surface area contributed by atoms with Crippen molar-refractivity contribution < 1.29 is 22.7 Å². The summed E-state index contributed by atoms with van der Waals surface area (Å²) in [5, 5.41) is 3.17. The van der Waals surface area contributed by atoms with Crippen LogP contribution in [0.25, 0.3) is 0 Å². The van der Waals surface area contributed by atoms with Gasteiger partial charge in [0, 0.05) is 25.6 Å². The summed E-state index contributed by atoms with van der Waals surface area (Å²) in [5.74, 6) is 0.195. The Labute approximate surface area is 233 Å². The average molecular weight is 558 g/mol. The van der Waals surface area contributed by atoms with Crippen molar-refractivity contribution in [3.05, 3.63) is 59.7 Å². The van der Waals surface area contributed by atoms with Crippen molar-refractivity contribution in [2.24, 2.45) is 0 Å².